The lowest BCUT2D eigenvalue weighted by Gasteiger charge is -2.21. The third-order valence-electron chi connectivity index (χ3n) is 3.55. The standard InChI is InChI=1S/C15H19F2NO2S/c16-12-4-5-13(17)11(8-12)2-1-3-14(19)18-9-15(20)6-7-21-10-15/h4-5,8,20H,1-3,6-7,9-10H2,(H,18,19). The number of hydrogen-bond acceptors (Lipinski definition) is 3. The Hall–Kier alpha value is -1.14. The molecule has 0 bridgehead atoms. The quantitative estimate of drug-likeness (QED) is 0.847. The van der Waals surface area contributed by atoms with Gasteiger partial charge in [0, 0.05) is 18.7 Å². The number of thioether (sulfide) groups is 1. The minimum Gasteiger partial charge on any atom is -0.387 e. The summed E-state index contributed by atoms with van der Waals surface area (Å²) in [7, 11) is 0. The van der Waals surface area contributed by atoms with E-state index in [1.807, 2.05) is 0 Å². The fraction of sp³-hybridized carbons (Fsp3) is 0.533. The molecule has 3 nitrogen and oxygen atoms in total. The molecule has 1 aliphatic heterocycles. The zero-order valence-electron chi connectivity index (χ0n) is 11.7. The van der Waals surface area contributed by atoms with Crippen LogP contribution in [0.1, 0.15) is 24.8 Å². The minimum atomic E-state index is -0.797. The molecule has 0 radical (unpaired) electrons. The second-order valence-electron chi connectivity index (χ2n) is 5.39. The zero-order valence-corrected chi connectivity index (χ0v) is 12.5. The van der Waals surface area contributed by atoms with Crippen molar-refractivity contribution < 1.29 is 18.7 Å². The molecule has 0 aromatic heterocycles. The molecular formula is C15H19F2NO2S. The van der Waals surface area contributed by atoms with Crippen LogP contribution in [0.2, 0.25) is 0 Å². The summed E-state index contributed by atoms with van der Waals surface area (Å²) in [5.41, 5.74) is -0.511. The molecule has 1 aliphatic rings. The van der Waals surface area contributed by atoms with Gasteiger partial charge in [0.2, 0.25) is 5.91 Å². The Balaban J connectivity index is 1.70. The highest BCUT2D eigenvalue weighted by Gasteiger charge is 2.31. The van der Waals surface area contributed by atoms with E-state index in [4.69, 9.17) is 0 Å². The summed E-state index contributed by atoms with van der Waals surface area (Å²) in [6.45, 7) is 0.257. The minimum absolute atomic E-state index is 0.169. The molecule has 2 N–H and O–H groups in total. The number of hydrogen-bond donors (Lipinski definition) is 2. The van der Waals surface area contributed by atoms with Crippen molar-refractivity contribution in [2.24, 2.45) is 0 Å². The summed E-state index contributed by atoms with van der Waals surface area (Å²) >= 11 is 1.67. The summed E-state index contributed by atoms with van der Waals surface area (Å²) < 4.78 is 26.4. The monoisotopic (exact) mass is 315 g/mol. The van der Waals surface area contributed by atoms with Crippen LogP contribution < -0.4 is 5.32 Å². The molecule has 1 aromatic rings. The number of amides is 1. The van der Waals surface area contributed by atoms with Crippen molar-refractivity contribution in [1.82, 2.24) is 5.32 Å². The largest absolute Gasteiger partial charge is 0.387 e. The maximum Gasteiger partial charge on any atom is 0.220 e. The van der Waals surface area contributed by atoms with E-state index >= 15 is 0 Å². The van der Waals surface area contributed by atoms with Gasteiger partial charge in [0.1, 0.15) is 11.6 Å². The van der Waals surface area contributed by atoms with E-state index in [2.05, 4.69) is 5.32 Å². The van der Waals surface area contributed by atoms with Crippen LogP contribution in [0.4, 0.5) is 8.78 Å². The SMILES string of the molecule is O=C(CCCc1cc(F)ccc1F)NCC1(O)CCSC1. The number of carbonyl (C=O) groups is 1. The van der Waals surface area contributed by atoms with Crippen molar-refractivity contribution in [2.45, 2.75) is 31.3 Å². The number of aryl methyl sites for hydroxylation is 1. The molecule has 0 spiro atoms. The molecule has 0 saturated carbocycles. The first-order chi connectivity index (χ1) is 9.98. The first kappa shape index (κ1) is 16.2. The Kier molecular flexibility index (Phi) is 5.58. The average molecular weight is 315 g/mol. The molecule has 1 amide bonds. The van der Waals surface area contributed by atoms with Crippen LogP contribution >= 0.6 is 11.8 Å². The second kappa shape index (κ2) is 7.22. The predicted molar refractivity (Wildman–Crippen MR) is 79.2 cm³/mol. The van der Waals surface area contributed by atoms with Crippen LogP contribution in [0.5, 0.6) is 0 Å². The third kappa shape index (κ3) is 4.97. The Morgan fingerprint density at radius 2 is 2.24 bits per heavy atom. The lowest BCUT2D eigenvalue weighted by Crippen LogP contribution is -2.42. The van der Waals surface area contributed by atoms with E-state index in [9.17, 15) is 18.7 Å². The van der Waals surface area contributed by atoms with Gasteiger partial charge in [-0.1, -0.05) is 0 Å². The fourth-order valence-electron chi connectivity index (χ4n) is 2.26. The van der Waals surface area contributed by atoms with E-state index in [1.54, 1.807) is 11.8 Å². The van der Waals surface area contributed by atoms with Crippen LogP contribution in [-0.2, 0) is 11.2 Å². The lowest BCUT2D eigenvalue weighted by atomic mass is 10.0. The Labute approximate surface area is 127 Å². The number of carbonyl (C=O) groups excluding carboxylic acids is 1. The highest BCUT2D eigenvalue weighted by molar-refractivity contribution is 7.99. The van der Waals surface area contributed by atoms with Gasteiger partial charge in [-0.15, -0.1) is 0 Å². The molecular weight excluding hydrogens is 296 g/mol. The molecule has 1 aromatic carbocycles. The van der Waals surface area contributed by atoms with Gasteiger partial charge in [-0.05, 0) is 48.8 Å². The number of aliphatic hydroxyl groups is 1. The number of nitrogens with one attached hydrogen (secondary N) is 1. The van der Waals surface area contributed by atoms with Crippen molar-refractivity contribution >= 4 is 17.7 Å². The fourth-order valence-corrected chi connectivity index (χ4v) is 3.56. The summed E-state index contributed by atoms with van der Waals surface area (Å²) in [6, 6.07) is 3.33. The highest BCUT2D eigenvalue weighted by atomic mass is 32.2. The molecule has 1 atom stereocenters. The van der Waals surface area contributed by atoms with Crippen molar-refractivity contribution in [3.05, 3.63) is 35.4 Å². The first-order valence-corrected chi connectivity index (χ1v) is 8.15. The summed E-state index contributed by atoms with van der Waals surface area (Å²) in [5.74, 6) is 0.454. The lowest BCUT2D eigenvalue weighted by molar-refractivity contribution is -0.122. The number of rotatable bonds is 6. The van der Waals surface area contributed by atoms with Crippen LogP contribution in [0.15, 0.2) is 18.2 Å². The number of benzene rings is 1. The highest BCUT2D eigenvalue weighted by Crippen LogP contribution is 2.26. The van der Waals surface area contributed by atoms with Crippen LogP contribution in [0.25, 0.3) is 0 Å². The van der Waals surface area contributed by atoms with Crippen LogP contribution in [-0.4, -0.2) is 34.7 Å². The van der Waals surface area contributed by atoms with E-state index in [0.717, 1.165) is 24.0 Å². The van der Waals surface area contributed by atoms with Gasteiger partial charge in [-0.3, -0.25) is 4.79 Å². The van der Waals surface area contributed by atoms with Crippen LogP contribution in [0.3, 0.4) is 0 Å². The van der Waals surface area contributed by atoms with E-state index < -0.39 is 17.2 Å². The average Bonchev–Trinajstić information content (AvgIpc) is 2.88. The van der Waals surface area contributed by atoms with E-state index in [0.29, 0.717) is 25.0 Å². The molecule has 2 rings (SSSR count). The Morgan fingerprint density at radius 3 is 2.95 bits per heavy atom. The predicted octanol–water partition coefficient (Wildman–Crippen LogP) is 2.27. The molecule has 1 saturated heterocycles. The van der Waals surface area contributed by atoms with Gasteiger partial charge in [-0.2, -0.15) is 11.8 Å². The summed E-state index contributed by atoms with van der Waals surface area (Å²) in [6.07, 6.45) is 1.68. The van der Waals surface area contributed by atoms with Crippen LogP contribution in [0, 0.1) is 11.6 Å². The maximum atomic E-state index is 13.4. The van der Waals surface area contributed by atoms with Gasteiger partial charge in [0.05, 0.1) is 5.60 Å². The molecule has 1 unspecified atom stereocenters. The van der Waals surface area contributed by atoms with Crippen molar-refractivity contribution in [1.29, 1.82) is 0 Å². The van der Waals surface area contributed by atoms with Crippen molar-refractivity contribution in [2.75, 3.05) is 18.1 Å². The summed E-state index contributed by atoms with van der Waals surface area (Å²) in [4.78, 5) is 11.7. The molecule has 6 heteroatoms. The Bertz CT molecular complexity index is 504. The molecule has 1 fully saturated rings. The van der Waals surface area contributed by atoms with Crippen molar-refractivity contribution in [3.8, 4) is 0 Å². The molecule has 1 heterocycles. The molecule has 0 aliphatic carbocycles. The van der Waals surface area contributed by atoms with Gasteiger partial charge in [0.15, 0.2) is 0 Å². The van der Waals surface area contributed by atoms with Gasteiger partial charge in [-0.25, -0.2) is 8.78 Å². The first-order valence-electron chi connectivity index (χ1n) is 6.99. The Morgan fingerprint density at radius 1 is 1.43 bits per heavy atom. The van der Waals surface area contributed by atoms with Gasteiger partial charge >= 0.3 is 0 Å². The third-order valence-corrected chi connectivity index (χ3v) is 4.79. The second-order valence-corrected chi connectivity index (χ2v) is 6.50. The zero-order chi connectivity index (χ0) is 15.3. The summed E-state index contributed by atoms with van der Waals surface area (Å²) in [5, 5.41) is 12.8. The number of halogens is 2. The smallest absolute Gasteiger partial charge is 0.220 e. The van der Waals surface area contributed by atoms with E-state index in [1.165, 1.54) is 0 Å². The van der Waals surface area contributed by atoms with E-state index in [-0.39, 0.29) is 24.4 Å². The topological polar surface area (TPSA) is 49.3 Å². The van der Waals surface area contributed by atoms with Crippen molar-refractivity contribution in [3.63, 3.8) is 0 Å². The van der Waals surface area contributed by atoms with Gasteiger partial charge in [0.25, 0.3) is 0 Å². The maximum absolute atomic E-state index is 13.4. The normalized spacial score (nSPS) is 21.5. The van der Waals surface area contributed by atoms with Gasteiger partial charge < -0.3 is 10.4 Å². The molecule has 116 valence electrons. The molecule has 21 heavy (non-hydrogen) atoms.